The second kappa shape index (κ2) is 6.76. The highest BCUT2D eigenvalue weighted by Gasteiger charge is 2.14. The van der Waals surface area contributed by atoms with E-state index in [0.29, 0.717) is 27.7 Å². The quantitative estimate of drug-likeness (QED) is 0.760. The zero-order valence-electron chi connectivity index (χ0n) is 14.3. The van der Waals surface area contributed by atoms with E-state index in [1.165, 1.54) is 0 Å². The summed E-state index contributed by atoms with van der Waals surface area (Å²) in [4.78, 5) is 29.0. The lowest BCUT2D eigenvalue weighted by Gasteiger charge is -2.12. The third-order valence-corrected chi connectivity index (χ3v) is 3.75. The molecule has 0 aliphatic rings. The number of anilines is 2. The van der Waals surface area contributed by atoms with E-state index in [4.69, 9.17) is 4.42 Å². The monoisotopic (exact) mass is 337 g/mol. The smallest absolute Gasteiger partial charge is 0.348 e. The molecule has 6 nitrogen and oxygen atoms in total. The second-order valence-corrected chi connectivity index (χ2v) is 6.06. The van der Waals surface area contributed by atoms with Gasteiger partial charge >= 0.3 is 5.63 Å². The Bertz CT molecular complexity index is 978. The maximum atomic E-state index is 12.4. The predicted molar refractivity (Wildman–Crippen MR) is 98.2 cm³/mol. The molecule has 0 fully saturated rings. The summed E-state index contributed by atoms with van der Waals surface area (Å²) < 4.78 is 5.24. The molecule has 6 heteroatoms. The molecule has 0 aliphatic heterocycles. The number of fused-ring (bicyclic) bond motifs is 1. The summed E-state index contributed by atoms with van der Waals surface area (Å²) in [6.07, 6.45) is 0. The molecule has 3 aromatic rings. The van der Waals surface area contributed by atoms with Gasteiger partial charge < -0.3 is 15.1 Å². The van der Waals surface area contributed by atoms with Crippen LogP contribution >= 0.6 is 0 Å². The van der Waals surface area contributed by atoms with Gasteiger partial charge in [0.05, 0.1) is 10.9 Å². The standard InChI is InChI=1S/C19H19N3O3/c1-11(2)20-19-22-15-10-9-14(12(3)16(15)18(24)25-19)21-17(23)13-7-5-4-6-8-13/h4-11H,1-3H3,(H,20,22)(H,21,23). The zero-order chi connectivity index (χ0) is 18.0. The van der Waals surface area contributed by atoms with E-state index in [0.717, 1.165) is 0 Å². The Hall–Kier alpha value is -3.15. The van der Waals surface area contributed by atoms with E-state index < -0.39 is 5.63 Å². The molecule has 0 spiro atoms. The topological polar surface area (TPSA) is 84.2 Å². The van der Waals surface area contributed by atoms with Crippen LogP contribution in [0.5, 0.6) is 0 Å². The molecule has 25 heavy (non-hydrogen) atoms. The molecule has 0 saturated carbocycles. The molecule has 2 N–H and O–H groups in total. The third kappa shape index (κ3) is 3.52. The van der Waals surface area contributed by atoms with Crippen molar-refractivity contribution >= 4 is 28.5 Å². The molecule has 1 aromatic heterocycles. The Morgan fingerprint density at radius 2 is 1.84 bits per heavy atom. The van der Waals surface area contributed by atoms with Crippen LogP contribution in [0, 0.1) is 6.92 Å². The second-order valence-electron chi connectivity index (χ2n) is 6.06. The summed E-state index contributed by atoms with van der Waals surface area (Å²) >= 11 is 0. The normalized spacial score (nSPS) is 10.9. The van der Waals surface area contributed by atoms with Crippen molar-refractivity contribution < 1.29 is 9.21 Å². The van der Waals surface area contributed by atoms with Gasteiger partial charge in [-0.2, -0.15) is 4.98 Å². The van der Waals surface area contributed by atoms with Crippen molar-refractivity contribution in [1.29, 1.82) is 0 Å². The van der Waals surface area contributed by atoms with Crippen molar-refractivity contribution in [2.45, 2.75) is 26.8 Å². The van der Waals surface area contributed by atoms with Crippen LogP contribution in [0.3, 0.4) is 0 Å². The fraction of sp³-hybridized carbons (Fsp3) is 0.211. The molecule has 2 aromatic carbocycles. The van der Waals surface area contributed by atoms with Crippen LogP contribution in [0.1, 0.15) is 29.8 Å². The first-order valence-electron chi connectivity index (χ1n) is 8.03. The first-order valence-corrected chi connectivity index (χ1v) is 8.03. The number of hydrogen-bond acceptors (Lipinski definition) is 5. The van der Waals surface area contributed by atoms with Crippen molar-refractivity contribution in [1.82, 2.24) is 4.98 Å². The van der Waals surface area contributed by atoms with Crippen LogP contribution in [0.4, 0.5) is 11.7 Å². The lowest BCUT2D eigenvalue weighted by atomic mass is 10.1. The van der Waals surface area contributed by atoms with Crippen LogP contribution in [-0.4, -0.2) is 16.9 Å². The van der Waals surface area contributed by atoms with Crippen LogP contribution in [0.2, 0.25) is 0 Å². The fourth-order valence-corrected chi connectivity index (χ4v) is 2.55. The summed E-state index contributed by atoms with van der Waals surface area (Å²) in [5, 5.41) is 6.17. The number of carbonyl (C=O) groups is 1. The van der Waals surface area contributed by atoms with Gasteiger partial charge in [-0.25, -0.2) is 4.79 Å². The molecule has 0 radical (unpaired) electrons. The first kappa shape index (κ1) is 16.7. The van der Waals surface area contributed by atoms with E-state index >= 15 is 0 Å². The molecule has 128 valence electrons. The Morgan fingerprint density at radius 3 is 2.52 bits per heavy atom. The number of amides is 1. The molecular weight excluding hydrogens is 318 g/mol. The fourth-order valence-electron chi connectivity index (χ4n) is 2.55. The Kier molecular flexibility index (Phi) is 4.52. The minimum atomic E-state index is -0.485. The number of hydrogen-bond donors (Lipinski definition) is 2. The van der Waals surface area contributed by atoms with Gasteiger partial charge in [-0.05, 0) is 50.6 Å². The average molecular weight is 337 g/mol. The minimum absolute atomic E-state index is 0.0960. The molecule has 0 unspecified atom stereocenters. The molecule has 0 atom stereocenters. The highest BCUT2D eigenvalue weighted by atomic mass is 16.4. The van der Waals surface area contributed by atoms with E-state index in [1.807, 2.05) is 19.9 Å². The number of nitrogens with one attached hydrogen (secondary N) is 2. The molecule has 0 bridgehead atoms. The van der Waals surface area contributed by atoms with Gasteiger partial charge in [-0.3, -0.25) is 4.79 Å². The molecule has 1 amide bonds. The van der Waals surface area contributed by atoms with Crippen LogP contribution < -0.4 is 16.3 Å². The number of nitrogens with zero attached hydrogens (tertiary/aromatic N) is 1. The van der Waals surface area contributed by atoms with Gasteiger partial charge in [-0.1, -0.05) is 18.2 Å². The van der Waals surface area contributed by atoms with Gasteiger partial charge in [0.15, 0.2) is 0 Å². The summed E-state index contributed by atoms with van der Waals surface area (Å²) in [5.74, 6) is -0.238. The summed E-state index contributed by atoms with van der Waals surface area (Å²) in [5.41, 5.74) is 1.76. The van der Waals surface area contributed by atoms with Crippen molar-refractivity contribution in [3.05, 3.63) is 64.0 Å². The van der Waals surface area contributed by atoms with Crippen LogP contribution in [0.25, 0.3) is 10.9 Å². The molecular formula is C19H19N3O3. The number of aryl methyl sites for hydroxylation is 1. The Labute approximate surface area is 144 Å². The molecule has 3 rings (SSSR count). The van der Waals surface area contributed by atoms with E-state index in [-0.39, 0.29) is 18.0 Å². The average Bonchev–Trinajstić information content (AvgIpc) is 2.57. The van der Waals surface area contributed by atoms with Gasteiger partial charge in [0.1, 0.15) is 0 Å². The summed E-state index contributed by atoms with van der Waals surface area (Å²) in [6.45, 7) is 5.62. The van der Waals surface area contributed by atoms with Crippen LogP contribution in [0.15, 0.2) is 51.7 Å². The number of benzene rings is 2. The molecule has 0 aliphatic carbocycles. The van der Waals surface area contributed by atoms with Crippen molar-refractivity contribution in [2.24, 2.45) is 0 Å². The highest BCUT2D eigenvalue weighted by Crippen LogP contribution is 2.23. The maximum Gasteiger partial charge on any atom is 0.348 e. The molecule has 1 heterocycles. The van der Waals surface area contributed by atoms with Gasteiger partial charge in [0.25, 0.3) is 11.9 Å². The number of aromatic nitrogens is 1. The van der Waals surface area contributed by atoms with Gasteiger partial charge in [0, 0.05) is 17.3 Å². The van der Waals surface area contributed by atoms with Crippen LogP contribution in [-0.2, 0) is 0 Å². The number of rotatable bonds is 4. The minimum Gasteiger partial charge on any atom is -0.389 e. The summed E-state index contributed by atoms with van der Waals surface area (Å²) in [7, 11) is 0. The van der Waals surface area contributed by atoms with E-state index in [9.17, 15) is 9.59 Å². The zero-order valence-corrected chi connectivity index (χ0v) is 14.3. The lowest BCUT2D eigenvalue weighted by Crippen LogP contribution is -2.16. The highest BCUT2D eigenvalue weighted by molar-refractivity contribution is 6.05. The van der Waals surface area contributed by atoms with Gasteiger partial charge in [0.2, 0.25) is 0 Å². The first-order chi connectivity index (χ1) is 12.0. The number of carbonyl (C=O) groups excluding carboxylic acids is 1. The van der Waals surface area contributed by atoms with Gasteiger partial charge in [-0.15, -0.1) is 0 Å². The van der Waals surface area contributed by atoms with Crippen molar-refractivity contribution in [3.8, 4) is 0 Å². The lowest BCUT2D eigenvalue weighted by molar-refractivity contribution is 0.102. The predicted octanol–water partition coefficient (Wildman–Crippen LogP) is 3.57. The largest absolute Gasteiger partial charge is 0.389 e. The van der Waals surface area contributed by atoms with Crippen molar-refractivity contribution in [3.63, 3.8) is 0 Å². The maximum absolute atomic E-state index is 12.4. The summed E-state index contributed by atoms with van der Waals surface area (Å²) in [6, 6.07) is 12.6. The molecule has 0 saturated heterocycles. The Morgan fingerprint density at radius 1 is 1.12 bits per heavy atom. The third-order valence-electron chi connectivity index (χ3n) is 3.75. The van der Waals surface area contributed by atoms with E-state index in [2.05, 4.69) is 15.6 Å². The SMILES string of the molecule is Cc1c(NC(=O)c2ccccc2)ccc2nc(NC(C)C)oc(=O)c12. The van der Waals surface area contributed by atoms with Crippen molar-refractivity contribution in [2.75, 3.05) is 10.6 Å². The van der Waals surface area contributed by atoms with E-state index in [1.54, 1.807) is 43.3 Å². The Balaban J connectivity index is 1.99.